The van der Waals surface area contributed by atoms with Crippen molar-refractivity contribution in [3.63, 3.8) is 0 Å². The molecule has 1 fully saturated rings. The van der Waals surface area contributed by atoms with E-state index in [2.05, 4.69) is 23.1 Å². The average molecular weight is 223 g/mol. The van der Waals surface area contributed by atoms with Crippen LogP contribution in [-0.2, 0) is 20.0 Å². The Kier molecular flexibility index (Phi) is 3.61. The molecule has 1 N–H and O–H groups in total. The number of aliphatic hydroxyl groups excluding tert-OH is 1. The maximum Gasteiger partial charge on any atom is 0.0666 e. The molecule has 0 spiro atoms. The van der Waals surface area contributed by atoms with E-state index < -0.39 is 0 Å². The third kappa shape index (κ3) is 2.62. The molecule has 1 aromatic rings. The Balaban J connectivity index is 1.97. The molecule has 1 aliphatic heterocycles. The number of aryl methyl sites for hydroxylation is 2. The van der Waals surface area contributed by atoms with Gasteiger partial charge in [-0.15, -0.1) is 0 Å². The standard InChI is InChI=1S/C12H21N3O/c1-3-12-10(8-14(2)13-12)9-15-6-4-11(16)5-7-15/h8,11,16H,3-7,9H2,1-2H3. The van der Waals surface area contributed by atoms with Crippen molar-refractivity contribution in [3.8, 4) is 0 Å². The van der Waals surface area contributed by atoms with Gasteiger partial charge in [0.15, 0.2) is 0 Å². The maximum atomic E-state index is 9.45. The minimum absolute atomic E-state index is 0.0872. The van der Waals surface area contributed by atoms with E-state index in [-0.39, 0.29) is 6.10 Å². The van der Waals surface area contributed by atoms with Gasteiger partial charge in [0, 0.05) is 38.4 Å². The Bertz CT molecular complexity index is 340. The summed E-state index contributed by atoms with van der Waals surface area (Å²) >= 11 is 0. The van der Waals surface area contributed by atoms with Crippen LogP contribution in [0.3, 0.4) is 0 Å². The fourth-order valence-electron chi connectivity index (χ4n) is 2.33. The van der Waals surface area contributed by atoms with Crippen LogP contribution in [0.25, 0.3) is 0 Å². The number of likely N-dealkylation sites (tertiary alicyclic amines) is 1. The van der Waals surface area contributed by atoms with E-state index in [1.54, 1.807) is 0 Å². The molecule has 0 amide bonds. The van der Waals surface area contributed by atoms with Gasteiger partial charge in [-0.25, -0.2) is 0 Å². The summed E-state index contributed by atoms with van der Waals surface area (Å²) in [6.45, 7) is 5.12. The van der Waals surface area contributed by atoms with Gasteiger partial charge in [-0.05, 0) is 19.3 Å². The summed E-state index contributed by atoms with van der Waals surface area (Å²) in [4.78, 5) is 2.41. The van der Waals surface area contributed by atoms with Crippen LogP contribution in [0.1, 0.15) is 31.0 Å². The predicted octanol–water partition coefficient (Wildman–Crippen LogP) is 0.939. The van der Waals surface area contributed by atoms with E-state index in [1.807, 2.05) is 11.7 Å². The van der Waals surface area contributed by atoms with Crippen LogP contribution in [-0.4, -0.2) is 39.0 Å². The lowest BCUT2D eigenvalue weighted by molar-refractivity contribution is 0.0791. The Labute approximate surface area is 96.9 Å². The van der Waals surface area contributed by atoms with Crippen LogP contribution < -0.4 is 0 Å². The minimum atomic E-state index is -0.0872. The number of aromatic nitrogens is 2. The molecule has 0 radical (unpaired) electrons. The molecule has 2 heterocycles. The molecule has 2 rings (SSSR count). The maximum absolute atomic E-state index is 9.45. The van der Waals surface area contributed by atoms with E-state index in [9.17, 15) is 5.11 Å². The Morgan fingerprint density at radius 1 is 1.44 bits per heavy atom. The SMILES string of the molecule is CCc1nn(C)cc1CN1CCC(O)CC1. The van der Waals surface area contributed by atoms with Crippen molar-refractivity contribution >= 4 is 0 Å². The first kappa shape index (κ1) is 11.6. The number of hydrogen-bond acceptors (Lipinski definition) is 3. The van der Waals surface area contributed by atoms with Crippen molar-refractivity contribution in [3.05, 3.63) is 17.5 Å². The molecule has 16 heavy (non-hydrogen) atoms. The van der Waals surface area contributed by atoms with Gasteiger partial charge in [-0.2, -0.15) is 5.10 Å². The lowest BCUT2D eigenvalue weighted by Gasteiger charge is -2.29. The van der Waals surface area contributed by atoms with E-state index in [0.29, 0.717) is 0 Å². The van der Waals surface area contributed by atoms with Gasteiger partial charge in [0.1, 0.15) is 0 Å². The molecule has 0 unspecified atom stereocenters. The second kappa shape index (κ2) is 4.97. The van der Waals surface area contributed by atoms with E-state index >= 15 is 0 Å². The van der Waals surface area contributed by atoms with Crippen LogP contribution in [0.2, 0.25) is 0 Å². The molecule has 4 nitrogen and oxygen atoms in total. The molecule has 4 heteroatoms. The highest BCUT2D eigenvalue weighted by Gasteiger charge is 2.18. The van der Waals surface area contributed by atoms with Crippen molar-refractivity contribution in [2.24, 2.45) is 7.05 Å². The monoisotopic (exact) mass is 223 g/mol. The molecule has 0 atom stereocenters. The summed E-state index contributed by atoms with van der Waals surface area (Å²) in [5.74, 6) is 0. The van der Waals surface area contributed by atoms with Crippen molar-refractivity contribution < 1.29 is 5.11 Å². The lowest BCUT2D eigenvalue weighted by atomic mass is 10.1. The summed E-state index contributed by atoms with van der Waals surface area (Å²) < 4.78 is 1.90. The number of hydrogen-bond donors (Lipinski definition) is 1. The highest BCUT2D eigenvalue weighted by molar-refractivity contribution is 5.16. The lowest BCUT2D eigenvalue weighted by Crippen LogP contribution is -2.35. The number of piperidine rings is 1. The van der Waals surface area contributed by atoms with Crippen molar-refractivity contribution in [1.82, 2.24) is 14.7 Å². The molecule has 1 aromatic heterocycles. The fraction of sp³-hybridized carbons (Fsp3) is 0.750. The molecular formula is C12H21N3O. The molecular weight excluding hydrogens is 202 g/mol. The Morgan fingerprint density at radius 2 is 2.12 bits per heavy atom. The first-order valence-corrected chi connectivity index (χ1v) is 6.11. The Hall–Kier alpha value is -0.870. The van der Waals surface area contributed by atoms with Gasteiger partial charge in [-0.1, -0.05) is 6.92 Å². The van der Waals surface area contributed by atoms with Gasteiger partial charge in [0.25, 0.3) is 0 Å². The first-order valence-electron chi connectivity index (χ1n) is 6.11. The van der Waals surface area contributed by atoms with Gasteiger partial charge < -0.3 is 5.11 Å². The van der Waals surface area contributed by atoms with Gasteiger partial charge >= 0.3 is 0 Å². The normalized spacial score (nSPS) is 19.2. The van der Waals surface area contributed by atoms with Gasteiger partial charge in [0.05, 0.1) is 11.8 Å². The second-order valence-electron chi connectivity index (χ2n) is 4.64. The summed E-state index contributed by atoms with van der Waals surface area (Å²) in [5.41, 5.74) is 2.54. The summed E-state index contributed by atoms with van der Waals surface area (Å²) in [7, 11) is 1.97. The van der Waals surface area contributed by atoms with Gasteiger partial charge in [0.2, 0.25) is 0 Å². The van der Waals surface area contributed by atoms with Crippen LogP contribution in [0.4, 0.5) is 0 Å². The average Bonchev–Trinajstić information content (AvgIpc) is 2.62. The topological polar surface area (TPSA) is 41.3 Å². The summed E-state index contributed by atoms with van der Waals surface area (Å²) in [5, 5.41) is 13.9. The second-order valence-corrected chi connectivity index (χ2v) is 4.64. The van der Waals surface area contributed by atoms with Gasteiger partial charge in [-0.3, -0.25) is 9.58 Å². The summed E-state index contributed by atoms with van der Waals surface area (Å²) in [6.07, 6.45) is 4.83. The largest absolute Gasteiger partial charge is 0.393 e. The smallest absolute Gasteiger partial charge is 0.0666 e. The van der Waals surface area contributed by atoms with Crippen molar-refractivity contribution in [1.29, 1.82) is 0 Å². The van der Waals surface area contributed by atoms with Crippen LogP contribution >= 0.6 is 0 Å². The van der Waals surface area contributed by atoms with E-state index in [0.717, 1.165) is 38.9 Å². The first-order chi connectivity index (χ1) is 7.69. The minimum Gasteiger partial charge on any atom is -0.393 e. The van der Waals surface area contributed by atoms with Crippen LogP contribution in [0.5, 0.6) is 0 Å². The fourth-order valence-corrected chi connectivity index (χ4v) is 2.33. The van der Waals surface area contributed by atoms with Crippen LogP contribution in [0.15, 0.2) is 6.20 Å². The molecule has 0 bridgehead atoms. The molecule has 0 aliphatic carbocycles. The summed E-state index contributed by atoms with van der Waals surface area (Å²) in [6, 6.07) is 0. The number of nitrogens with zero attached hydrogens (tertiary/aromatic N) is 3. The van der Waals surface area contributed by atoms with E-state index in [1.165, 1.54) is 11.3 Å². The zero-order valence-electron chi connectivity index (χ0n) is 10.2. The zero-order valence-corrected chi connectivity index (χ0v) is 10.2. The molecule has 0 aromatic carbocycles. The quantitative estimate of drug-likeness (QED) is 0.829. The highest BCUT2D eigenvalue weighted by Crippen LogP contribution is 2.15. The van der Waals surface area contributed by atoms with E-state index in [4.69, 9.17) is 0 Å². The van der Waals surface area contributed by atoms with Crippen LogP contribution in [0, 0.1) is 0 Å². The molecule has 1 aliphatic rings. The van der Waals surface area contributed by atoms with Crippen molar-refractivity contribution in [2.75, 3.05) is 13.1 Å². The number of aliphatic hydroxyl groups is 1. The third-order valence-electron chi connectivity index (χ3n) is 3.28. The predicted molar refractivity (Wildman–Crippen MR) is 63.1 cm³/mol. The molecule has 0 saturated carbocycles. The number of rotatable bonds is 3. The zero-order chi connectivity index (χ0) is 11.5. The Morgan fingerprint density at radius 3 is 2.75 bits per heavy atom. The third-order valence-corrected chi connectivity index (χ3v) is 3.28. The molecule has 90 valence electrons. The highest BCUT2D eigenvalue weighted by atomic mass is 16.3. The molecule has 1 saturated heterocycles. The van der Waals surface area contributed by atoms with Crippen molar-refractivity contribution in [2.45, 2.75) is 38.8 Å².